The fourth-order valence-corrected chi connectivity index (χ4v) is 6.74. The molecule has 0 saturated carbocycles. The van der Waals surface area contributed by atoms with E-state index in [0.717, 1.165) is 29.1 Å². The van der Waals surface area contributed by atoms with Gasteiger partial charge in [-0.25, -0.2) is 18.9 Å². The molecular weight excluding hydrogens is 488 g/mol. The van der Waals surface area contributed by atoms with E-state index in [4.69, 9.17) is 14.7 Å². The Balaban J connectivity index is 0.00000342. The van der Waals surface area contributed by atoms with Crippen LogP contribution in [0.5, 0.6) is 5.75 Å². The molecule has 1 aliphatic heterocycles. The fraction of sp³-hybridized carbons (Fsp3) is 0.360. The van der Waals surface area contributed by atoms with Crippen LogP contribution in [0.4, 0.5) is 0 Å². The van der Waals surface area contributed by atoms with Crippen LogP contribution in [0.15, 0.2) is 64.9 Å². The summed E-state index contributed by atoms with van der Waals surface area (Å²) in [5.41, 5.74) is 3.63. The van der Waals surface area contributed by atoms with Crippen LogP contribution in [-0.2, 0) is 25.8 Å². The van der Waals surface area contributed by atoms with Crippen molar-refractivity contribution in [2.75, 3.05) is 19.8 Å². The van der Waals surface area contributed by atoms with E-state index in [0.29, 0.717) is 12.4 Å². The zero-order valence-corrected chi connectivity index (χ0v) is 20.1. The van der Waals surface area contributed by atoms with Crippen molar-refractivity contribution < 1.29 is 27.9 Å². The van der Waals surface area contributed by atoms with Gasteiger partial charge in [0.05, 0.1) is 17.2 Å². The lowest BCUT2D eigenvalue weighted by molar-refractivity contribution is -0.134. The minimum absolute atomic E-state index is 0. The first-order chi connectivity index (χ1) is 16.5. The van der Waals surface area contributed by atoms with E-state index >= 15 is 0 Å². The molecule has 2 N–H and O–H groups in total. The van der Waals surface area contributed by atoms with Gasteiger partial charge in [-0.3, -0.25) is 10.0 Å². The lowest BCUT2D eigenvalue weighted by Crippen LogP contribution is -2.54. The van der Waals surface area contributed by atoms with Gasteiger partial charge in [0.1, 0.15) is 10.8 Å². The first-order valence-corrected chi connectivity index (χ1v) is 13.3. The van der Waals surface area contributed by atoms with Gasteiger partial charge in [0.15, 0.2) is 14.6 Å². The molecule has 2 aromatic carbocycles. The van der Waals surface area contributed by atoms with Crippen LogP contribution in [0.1, 0.15) is 32.4 Å². The normalized spacial score (nSPS) is 15.1. The highest BCUT2D eigenvalue weighted by Crippen LogP contribution is 2.35. The van der Waals surface area contributed by atoms with Crippen molar-refractivity contribution in [3.8, 4) is 16.3 Å². The number of aromatic nitrogens is 1. The highest BCUT2D eigenvalue weighted by molar-refractivity contribution is 7.93. The van der Waals surface area contributed by atoms with Gasteiger partial charge in [0.25, 0.3) is 5.91 Å². The van der Waals surface area contributed by atoms with Crippen molar-refractivity contribution in [1.29, 1.82) is 0 Å². The van der Waals surface area contributed by atoms with Gasteiger partial charge in [-0.2, -0.15) is 0 Å². The van der Waals surface area contributed by atoms with Crippen LogP contribution < -0.4 is 10.2 Å². The maximum Gasteiger partial charge on any atom is 0.265 e. The summed E-state index contributed by atoms with van der Waals surface area (Å²) in [5, 5.41) is 12.2. The van der Waals surface area contributed by atoms with E-state index in [9.17, 15) is 13.2 Å². The zero-order chi connectivity index (χ0) is 24.0. The summed E-state index contributed by atoms with van der Waals surface area (Å²) in [4.78, 5) is 17.0. The SMILES string of the molecule is C.O=C(NO)C1(S(=O)(=O)c2ccc(OCCCc3csc(-c4ccccc4)n3)cc2)CCOCC1. The Morgan fingerprint density at radius 2 is 1.80 bits per heavy atom. The van der Waals surface area contributed by atoms with Crippen molar-refractivity contribution in [3.05, 3.63) is 65.7 Å². The van der Waals surface area contributed by atoms with E-state index in [2.05, 4.69) is 10.4 Å². The molecule has 10 heteroatoms. The lowest BCUT2D eigenvalue weighted by atomic mass is 9.98. The molecule has 4 rings (SSSR count). The van der Waals surface area contributed by atoms with Gasteiger partial charge in [-0.1, -0.05) is 37.8 Å². The van der Waals surface area contributed by atoms with Crippen LogP contribution in [0.3, 0.4) is 0 Å². The van der Waals surface area contributed by atoms with Gasteiger partial charge in [-0.05, 0) is 49.9 Å². The van der Waals surface area contributed by atoms with E-state index in [1.807, 2.05) is 30.3 Å². The Morgan fingerprint density at radius 3 is 2.46 bits per heavy atom. The monoisotopic (exact) mass is 518 g/mol. The van der Waals surface area contributed by atoms with Gasteiger partial charge < -0.3 is 9.47 Å². The van der Waals surface area contributed by atoms with Crippen LogP contribution in [0.2, 0.25) is 0 Å². The van der Waals surface area contributed by atoms with Crippen molar-refractivity contribution in [2.24, 2.45) is 0 Å². The third-order valence-electron chi connectivity index (χ3n) is 5.88. The average molecular weight is 519 g/mol. The molecule has 2 heterocycles. The number of amides is 1. The Morgan fingerprint density at radius 1 is 1.11 bits per heavy atom. The summed E-state index contributed by atoms with van der Waals surface area (Å²) < 4.78 is 35.8. The molecule has 0 radical (unpaired) electrons. The fourth-order valence-electron chi connectivity index (χ4n) is 3.94. The predicted octanol–water partition coefficient (Wildman–Crippen LogP) is 4.29. The maximum absolute atomic E-state index is 13.3. The van der Waals surface area contributed by atoms with Gasteiger partial charge in [0, 0.05) is 24.2 Å². The number of nitrogens with zero attached hydrogens (tertiary/aromatic N) is 1. The van der Waals surface area contributed by atoms with Gasteiger partial charge in [0.2, 0.25) is 0 Å². The molecule has 1 aliphatic rings. The molecule has 0 spiro atoms. The number of sulfone groups is 1. The molecule has 1 saturated heterocycles. The summed E-state index contributed by atoms with van der Waals surface area (Å²) in [6.07, 6.45) is 1.49. The van der Waals surface area contributed by atoms with E-state index < -0.39 is 20.5 Å². The molecule has 35 heavy (non-hydrogen) atoms. The quantitative estimate of drug-likeness (QED) is 0.247. The molecule has 188 valence electrons. The summed E-state index contributed by atoms with van der Waals surface area (Å²) in [7, 11) is -4.05. The van der Waals surface area contributed by atoms with E-state index in [-0.39, 0.29) is 38.4 Å². The first-order valence-electron chi connectivity index (χ1n) is 11.0. The Labute approximate surface area is 209 Å². The third kappa shape index (κ3) is 5.72. The third-order valence-corrected chi connectivity index (χ3v) is 9.34. The molecule has 0 aliphatic carbocycles. The molecule has 3 aromatic rings. The minimum atomic E-state index is -4.05. The van der Waals surface area contributed by atoms with E-state index in [1.54, 1.807) is 23.5 Å². The van der Waals surface area contributed by atoms with Gasteiger partial charge >= 0.3 is 0 Å². The average Bonchev–Trinajstić information content (AvgIpc) is 3.36. The molecule has 0 unspecified atom stereocenters. The number of benzene rings is 2. The second kappa shape index (κ2) is 11.8. The van der Waals surface area contributed by atoms with Crippen LogP contribution in [-0.4, -0.2) is 49.1 Å². The lowest BCUT2D eigenvalue weighted by Gasteiger charge is -2.34. The van der Waals surface area contributed by atoms with Crippen molar-refractivity contribution in [2.45, 2.75) is 42.8 Å². The summed E-state index contributed by atoms with van der Waals surface area (Å²) in [6.45, 7) is 0.706. The molecule has 1 amide bonds. The topological polar surface area (TPSA) is 115 Å². The number of ether oxygens (including phenoxy) is 2. The standard InChI is InChI=1S/C24H26N2O6S2.CH4/c27-23(26-28)24(12-15-31-16-13-24)34(29,30)21-10-8-20(9-11-21)32-14-4-7-19-17-33-22(25-19)18-5-2-1-3-6-18;/h1-3,5-6,8-11,17,28H,4,7,12-16H2,(H,26,27);1H4. The van der Waals surface area contributed by atoms with Gasteiger partial charge in [-0.15, -0.1) is 11.3 Å². The number of hydrogen-bond acceptors (Lipinski definition) is 8. The number of nitrogens with one attached hydrogen (secondary N) is 1. The molecule has 1 fully saturated rings. The maximum atomic E-state index is 13.3. The second-order valence-electron chi connectivity index (χ2n) is 7.98. The first kappa shape index (κ1) is 26.8. The molecule has 0 atom stereocenters. The number of rotatable bonds is 9. The number of carbonyl (C=O) groups is 1. The molecule has 8 nitrogen and oxygen atoms in total. The number of thiazole rings is 1. The second-order valence-corrected chi connectivity index (χ2v) is 11.1. The van der Waals surface area contributed by atoms with E-state index in [1.165, 1.54) is 17.6 Å². The highest BCUT2D eigenvalue weighted by atomic mass is 32.2. The van der Waals surface area contributed by atoms with Crippen LogP contribution >= 0.6 is 11.3 Å². The van der Waals surface area contributed by atoms with Crippen molar-refractivity contribution in [3.63, 3.8) is 0 Å². The summed E-state index contributed by atoms with van der Waals surface area (Å²) >= 11 is 1.62. The number of aryl methyl sites for hydroxylation is 1. The Hall–Kier alpha value is -2.79. The van der Waals surface area contributed by atoms with Crippen molar-refractivity contribution >= 4 is 27.1 Å². The molecular formula is C25H30N2O6S2. The highest BCUT2D eigenvalue weighted by Gasteiger charge is 2.52. The molecule has 0 bridgehead atoms. The number of hydroxylamine groups is 1. The smallest absolute Gasteiger partial charge is 0.265 e. The van der Waals surface area contributed by atoms with Crippen molar-refractivity contribution in [1.82, 2.24) is 10.5 Å². The Bertz CT molecular complexity index is 1200. The summed E-state index contributed by atoms with van der Waals surface area (Å²) in [5.74, 6) is -0.400. The molecule has 1 aromatic heterocycles. The number of carbonyl (C=O) groups excluding carboxylic acids is 1. The Kier molecular flexibility index (Phi) is 9.01. The number of hydrogen-bond donors (Lipinski definition) is 2. The largest absolute Gasteiger partial charge is 0.494 e. The van der Waals surface area contributed by atoms with Crippen LogP contribution in [0, 0.1) is 0 Å². The zero-order valence-electron chi connectivity index (χ0n) is 18.5. The van der Waals surface area contributed by atoms with Crippen LogP contribution in [0.25, 0.3) is 10.6 Å². The summed E-state index contributed by atoms with van der Waals surface area (Å²) in [6, 6.07) is 16.0. The minimum Gasteiger partial charge on any atom is -0.494 e. The predicted molar refractivity (Wildman–Crippen MR) is 134 cm³/mol.